The van der Waals surface area contributed by atoms with Crippen LogP contribution in [0.15, 0.2) is 0 Å². The van der Waals surface area contributed by atoms with E-state index in [1.165, 1.54) is 0 Å². The summed E-state index contributed by atoms with van der Waals surface area (Å²) in [5, 5.41) is 8.08. The second kappa shape index (κ2) is 2.67. The zero-order valence-corrected chi connectivity index (χ0v) is 4.64. The molecule has 40 valence electrons. The number of hydrogen-bond donors (Lipinski definition) is 1. The molecule has 0 rings (SSSR count). The van der Waals surface area contributed by atoms with Crippen LogP contribution in [0, 0.1) is 0 Å². The Hall–Kier alpha value is -0.465. The molecule has 0 aliphatic rings. The van der Waals surface area contributed by atoms with E-state index in [-0.39, 0.29) is 12.2 Å². The maximum Gasteiger partial charge on any atom is 0.302 e. The first-order chi connectivity index (χ1) is 3.13. The lowest BCUT2D eigenvalue weighted by atomic mass is 9.87. The Balaban J connectivity index is 3.13. The second-order valence-electron chi connectivity index (χ2n) is 1.99. The first-order valence-corrected chi connectivity index (χ1v) is 2.34. The van der Waals surface area contributed by atoms with Gasteiger partial charge in [-0.25, -0.2) is 0 Å². The van der Waals surface area contributed by atoms with Crippen molar-refractivity contribution in [3.05, 3.63) is 0 Å². The minimum absolute atomic E-state index is 0.275. The molecule has 0 radical (unpaired) electrons. The number of rotatable bonds is 2. The molecule has 1 N–H and O–H groups in total. The third-order valence-corrected chi connectivity index (χ3v) is 0.583. The number of carboxylic acid groups (broad SMARTS) is 1. The van der Waals surface area contributed by atoms with Crippen molar-refractivity contribution < 1.29 is 9.90 Å². The molecular weight excluding hydrogens is 90.9 g/mol. The summed E-state index contributed by atoms with van der Waals surface area (Å²) in [7, 11) is 1.88. The Morgan fingerprint density at radius 1 is 2.00 bits per heavy atom. The van der Waals surface area contributed by atoms with Crippen molar-refractivity contribution in [2.24, 2.45) is 0 Å². The van der Waals surface area contributed by atoms with Gasteiger partial charge >= 0.3 is 5.97 Å². The molecule has 0 bridgehead atoms. The summed E-state index contributed by atoms with van der Waals surface area (Å²) in [4.78, 5) is 9.81. The molecule has 0 aromatic rings. The van der Waals surface area contributed by atoms with Gasteiger partial charge in [-0.1, -0.05) is 12.7 Å². The fraction of sp³-hybridized carbons (Fsp3) is 0.750. The van der Waals surface area contributed by atoms with Gasteiger partial charge in [0.1, 0.15) is 7.85 Å². The minimum Gasteiger partial charge on any atom is -0.481 e. The van der Waals surface area contributed by atoms with Crippen molar-refractivity contribution >= 4 is 13.8 Å². The fourth-order valence-electron chi connectivity index (χ4n) is 0.349. The summed E-state index contributed by atoms with van der Waals surface area (Å²) < 4.78 is 0. The molecule has 0 fully saturated rings. The molecule has 0 saturated heterocycles. The molecule has 0 heterocycles. The van der Waals surface area contributed by atoms with Crippen molar-refractivity contribution in [3.63, 3.8) is 0 Å². The molecule has 0 amide bonds. The van der Waals surface area contributed by atoms with Crippen molar-refractivity contribution in [2.45, 2.75) is 19.2 Å². The lowest BCUT2D eigenvalue weighted by Gasteiger charge is -1.93. The summed E-state index contributed by atoms with van der Waals surface area (Å²) >= 11 is 0. The predicted molar refractivity (Wildman–Crippen MR) is 30.2 cm³/mol. The summed E-state index contributed by atoms with van der Waals surface area (Å²) in [6, 6.07) is 0. The zero-order chi connectivity index (χ0) is 5.86. The van der Waals surface area contributed by atoms with E-state index < -0.39 is 5.97 Å². The fourth-order valence-corrected chi connectivity index (χ4v) is 0.349. The van der Waals surface area contributed by atoms with E-state index in [0.717, 1.165) is 0 Å². The van der Waals surface area contributed by atoms with Crippen molar-refractivity contribution in [1.29, 1.82) is 0 Å². The summed E-state index contributed by atoms with van der Waals surface area (Å²) in [5.74, 6) is -0.438. The number of hydrogen-bond acceptors (Lipinski definition) is 1. The smallest absolute Gasteiger partial charge is 0.302 e. The molecule has 2 nitrogen and oxygen atoms in total. The Bertz CT molecular complexity index is 70.1. The lowest BCUT2D eigenvalue weighted by Crippen LogP contribution is -1.97. The molecule has 0 aromatic carbocycles. The van der Waals surface area contributed by atoms with Crippen LogP contribution >= 0.6 is 0 Å². The van der Waals surface area contributed by atoms with Crippen molar-refractivity contribution in [1.82, 2.24) is 0 Å². The molecule has 0 saturated carbocycles. The average molecular weight is 99.9 g/mol. The van der Waals surface area contributed by atoms with Gasteiger partial charge in [0, 0.05) is 6.42 Å². The van der Waals surface area contributed by atoms with Crippen LogP contribution in [-0.2, 0) is 4.79 Å². The maximum absolute atomic E-state index is 9.81. The molecule has 0 aromatic heterocycles. The lowest BCUT2D eigenvalue weighted by molar-refractivity contribution is -0.136. The van der Waals surface area contributed by atoms with Crippen molar-refractivity contribution in [3.8, 4) is 0 Å². The van der Waals surface area contributed by atoms with E-state index in [1.54, 1.807) is 0 Å². The first-order valence-electron chi connectivity index (χ1n) is 2.34. The van der Waals surface area contributed by atoms with Crippen molar-refractivity contribution in [2.75, 3.05) is 0 Å². The average Bonchev–Trinajstić information content (AvgIpc) is 1.27. The van der Waals surface area contributed by atoms with Gasteiger partial charge < -0.3 is 5.11 Å². The van der Waals surface area contributed by atoms with Gasteiger partial charge in [-0.3, -0.25) is 4.79 Å². The van der Waals surface area contributed by atoms with Crippen LogP contribution in [-0.4, -0.2) is 18.9 Å². The van der Waals surface area contributed by atoms with Crippen LogP contribution < -0.4 is 0 Å². The normalized spacial score (nSPS) is 13.3. The predicted octanol–water partition coefficient (Wildman–Crippen LogP) is -0.0974. The Morgan fingerprint density at radius 2 is 2.43 bits per heavy atom. The van der Waals surface area contributed by atoms with Gasteiger partial charge in [-0.15, -0.1) is 0 Å². The maximum atomic E-state index is 9.81. The van der Waals surface area contributed by atoms with E-state index in [2.05, 4.69) is 0 Å². The summed E-state index contributed by atoms with van der Waals surface area (Å²) in [6.07, 6.45) is 0.278. The quantitative estimate of drug-likeness (QED) is 0.492. The third kappa shape index (κ3) is 5.53. The molecule has 0 aliphatic heterocycles. The van der Waals surface area contributed by atoms with Gasteiger partial charge in [0.15, 0.2) is 0 Å². The Labute approximate surface area is 43.9 Å². The highest BCUT2D eigenvalue weighted by molar-refractivity contribution is 6.12. The van der Waals surface area contributed by atoms with Crippen LogP contribution in [0.5, 0.6) is 0 Å². The van der Waals surface area contributed by atoms with Gasteiger partial charge in [0.2, 0.25) is 0 Å². The number of aliphatic carboxylic acids is 1. The van der Waals surface area contributed by atoms with Crippen LogP contribution in [0.4, 0.5) is 0 Å². The van der Waals surface area contributed by atoms with E-state index >= 15 is 0 Å². The molecule has 0 aliphatic carbocycles. The van der Waals surface area contributed by atoms with Gasteiger partial charge in [-0.2, -0.15) is 0 Å². The van der Waals surface area contributed by atoms with Crippen LogP contribution in [0.3, 0.4) is 0 Å². The van der Waals surface area contributed by atoms with Crippen LogP contribution in [0.25, 0.3) is 0 Å². The molecule has 1 atom stereocenters. The SMILES string of the molecule is BC(C)CC(=O)O. The molecule has 3 heteroatoms. The minimum atomic E-state index is -0.713. The topological polar surface area (TPSA) is 37.3 Å². The molecule has 7 heavy (non-hydrogen) atoms. The summed E-state index contributed by atoms with van der Waals surface area (Å²) in [5.41, 5.74) is 0. The van der Waals surface area contributed by atoms with Gasteiger partial charge in [-0.05, 0) is 0 Å². The number of carboxylic acids is 1. The zero-order valence-electron chi connectivity index (χ0n) is 4.64. The van der Waals surface area contributed by atoms with Gasteiger partial charge in [0.05, 0.1) is 0 Å². The van der Waals surface area contributed by atoms with Crippen LogP contribution in [0.2, 0.25) is 5.82 Å². The molecular formula is C4H9BO2. The highest BCUT2D eigenvalue weighted by atomic mass is 16.4. The van der Waals surface area contributed by atoms with E-state index in [4.69, 9.17) is 5.11 Å². The van der Waals surface area contributed by atoms with E-state index in [9.17, 15) is 4.79 Å². The largest absolute Gasteiger partial charge is 0.481 e. The Morgan fingerprint density at radius 3 is 2.43 bits per heavy atom. The van der Waals surface area contributed by atoms with E-state index in [0.29, 0.717) is 0 Å². The van der Waals surface area contributed by atoms with Gasteiger partial charge in [0.25, 0.3) is 0 Å². The molecule has 1 unspecified atom stereocenters. The monoisotopic (exact) mass is 100 g/mol. The highest BCUT2D eigenvalue weighted by Gasteiger charge is 1.98. The molecule has 0 spiro atoms. The van der Waals surface area contributed by atoms with E-state index in [1.807, 2.05) is 14.8 Å². The number of carbonyl (C=O) groups is 1. The standard InChI is InChI=1S/C4H9BO2/c1-3(5)2-4(6)7/h3H,2,5H2,1H3,(H,6,7). The van der Waals surface area contributed by atoms with Crippen LogP contribution in [0.1, 0.15) is 13.3 Å². The highest BCUT2D eigenvalue weighted by Crippen LogP contribution is 2.00. The second-order valence-corrected chi connectivity index (χ2v) is 1.99. The third-order valence-electron chi connectivity index (χ3n) is 0.583. The summed E-state index contributed by atoms with van der Waals surface area (Å²) in [6.45, 7) is 1.88. The Kier molecular flexibility index (Phi) is 2.49. The first kappa shape index (κ1) is 6.53.